The second kappa shape index (κ2) is 8.69. The van der Waals surface area contributed by atoms with Crippen LogP contribution in [0.5, 0.6) is 0 Å². The van der Waals surface area contributed by atoms with Crippen LogP contribution in [-0.4, -0.2) is 17.7 Å². The first-order valence-corrected chi connectivity index (χ1v) is 9.51. The number of hydrogen-bond donors (Lipinski definition) is 3. The van der Waals surface area contributed by atoms with E-state index < -0.39 is 0 Å². The van der Waals surface area contributed by atoms with E-state index in [0.29, 0.717) is 32.5 Å². The zero-order valence-electron chi connectivity index (χ0n) is 14.8. The predicted molar refractivity (Wildman–Crippen MR) is 112 cm³/mol. The van der Waals surface area contributed by atoms with E-state index in [4.69, 9.17) is 11.6 Å². The summed E-state index contributed by atoms with van der Waals surface area (Å²) < 4.78 is 0. The van der Waals surface area contributed by atoms with Gasteiger partial charge in [0.15, 0.2) is 0 Å². The Morgan fingerprint density at radius 1 is 0.857 bits per heavy atom. The van der Waals surface area contributed by atoms with Gasteiger partial charge in [-0.2, -0.15) is 0 Å². The van der Waals surface area contributed by atoms with Crippen molar-refractivity contribution in [2.75, 3.05) is 16.0 Å². The highest BCUT2D eigenvalue weighted by molar-refractivity contribution is 7.12. The van der Waals surface area contributed by atoms with E-state index >= 15 is 0 Å². The maximum Gasteiger partial charge on any atom is 0.265 e. The fourth-order valence-electron chi connectivity index (χ4n) is 2.40. The van der Waals surface area contributed by atoms with Crippen molar-refractivity contribution in [2.24, 2.45) is 0 Å². The first-order chi connectivity index (χ1) is 13.4. The van der Waals surface area contributed by atoms with Gasteiger partial charge in [0.2, 0.25) is 5.91 Å². The molecular formula is C20H16ClN3O3S. The van der Waals surface area contributed by atoms with Crippen LogP contribution in [0.1, 0.15) is 27.0 Å². The first-order valence-electron chi connectivity index (χ1n) is 8.26. The van der Waals surface area contributed by atoms with Crippen LogP contribution in [0.2, 0.25) is 5.02 Å². The molecule has 3 rings (SSSR count). The molecule has 2 aromatic carbocycles. The van der Waals surface area contributed by atoms with Crippen LogP contribution in [0.4, 0.5) is 17.1 Å². The zero-order valence-corrected chi connectivity index (χ0v) is 16.4. The lowest BCUT2D eigenvalue weighted by Crippen LogP contribution is -2.14. The van der Waals surface area contributed by atoms with Crippen LogP contribution < -0.4 is 16.0 Å². The number of anilines is 3. The van der Waals surface area contributed by atoms with Crippen LogP contribution >= 0.6 is 22.9 Å². The van der Waals surface area contributed by atoms with Crippen molar-refractivity contribution in [3.05, 3.63) is 75.4 Å². The number of carbonyl (C=O) groups excluding carboxylic acids is 3. The molecule has 0 atom stereocenters. The highest BCUT2D eigenvalue weighted by atomic mass is 35.5. The number of halogens is 1. The third-order valence-electron chi connectivity index (χ3n) is 3.68. The van der Waals surface area contributed by atoms with E-state index in [1.54, 1.807) is 54.6 Å². The third-order valence-corrected chi connectivity index (χ3v) is 4.88. The SMILES string of the molecule is CC(=O)Nc1ccc(Cl)c(NC(=O)c2ccc(NC(=O)c3cccs3)cc2)c1. The maximum atomic E-state index is 12.5. The molecule has 1 heterocycles. The van der Waals surface area contributed by atoms with Crippen LogP contribution in [0, 0.1) is 0 Å². The highest BCUT2D eigenvalue weighted by Crippen LogP contribution is 2.26. The average Bonchev–Trinajstić information content (AvgIpc) is 3.19. The molecule has 1 aromatic heterocycles. The maximum absolute atomic E-state index is 12.5. The van der Waals surface area contributed by atoms with Gasteiger partial charge in [0.25, 0.3) is 11.8 Å². The van der Waals surface area contributed by atoms with Gasteiger partial charge in [0.05, 0.1) is 15.6 Å². The Labute approximate surface area is 170 Å². The molecular weight excluding hydrogens is 398 g/mol. The minimum Gasteiger partial charge on any atom is -0.326 e. The summed E-state index contributed by atoms with van der Waals surface area (Å²) in [5, 5.41) is 10.3. The Morgan fingerprint density at radius 3 is 2.21 bits per heavy atom. The average molecular weight is 414 g/mol. The van der Waals surface area contributed by atoms with E-state index in [9.17, 15) is 14.4 Å². The Balaban J connectivity index is 1.68. The van der Waals surface area contributed by atoms with Gasteiger partial charge in [-0.15, -0.1) is 11.3 Å². The monoisotopic (exact) mass is 413 g/mol. The summed E-state index contributed by atoms with van der Waals surface area (Å²) in [5.41, 5.74) is 1.89. The van der Waals surface area contributed by atoms with Crippen LogP contribution in [0.25, 0.3) is 0 Å². The molecule has 0 unspecified atom stereocenters. The zero-order chi connectivity index (χ0) is 20.1. The fourth-order valence-corrected chi connectivity index (χ4v) is 3.19. The van der Waals surface area contributed by atoms with Crippen molar-refractivity contribution in [3.8, 4) is 0 Å². The van der Waals surface area contributed by atoms with Gasteiger partial charge in [-0.3, -0.25) is 14.4 Å². The summed E-state index contributed by atoms with van der Waals surface area (Å²) in [6.45, 7) is 1.39. The molecule has 8 heteroatoms. The lowest BCUT2D eigenvalue weighted by molar-refractivity contribution is -0.114. The molecule has 0 aliphatic rings. The summed E-state index contributed by atoms with van der Waals surface area (Å²) in [4.78, 5) is 36.3. The number of hydrogen-bond acceptors (Lipinski definition) is 4. The third kappa shape index (κ3) is 4.97. The normalized spacial score (nSPS) is 10.2. The summed E-state index contributed by atoms with van der Waals surface area (Å²) in [7, 11) is 0. The minimum atomic E-state index is -0.363. The molecule has 3 amide bonds. The quantitative estimate of drug-likeness (QED) is 0.558. The summed E-state index contributed by atoms with van der Waals surface area (Å²) >= 11 is 7.47. The van der Waals surface area contributed by atoms with Crippen molar-refractivity contribution in [1.29, 1.82) is 0 Å². The van der Waals surface area contributed by atoms with Crippen LogP contribution in [0.3, 0.4) is 0 Å². The highest BCUT2D eigenvalue weighted by Gasteiger charge is 2.11. The Morgan fingerprint density at radius 2 is 1.57 bits per heavy atom. The predicted octanol–water partition coefficient (Wildman–Crippen LogP) is 4.86. The second-order valence-corrected chi connectivity index (χ2v) is 7.19. The summed E-state index contributed by atoms with van der Waals surface area (Å²) in [6.07, 6.45) is 0. The van der Waals surface area contributed by atoms with Gasteiger partial charge in [0, 0.05) is 23.9 Å². The largest absolute Gasteiger partial charge is 0.326 e. The molecule has 0 aliphatic heterocycles. The molecule has 28 heavy (non-hydrogen) atoms. The molecule has 0 fully saturated rings. The van der Waals surface area contributed by atoms with Gasteiger partial charge >= 0.3 is 0 Å². The van der Waals surface area contributed by atoms with E-state index in [1.807, 2.05) is 5.38 Å². The van der Waals surface area contributed by atoms with Crippen molar-refractivity contribution >= 4 is 57.7 Å². The molecule has 3 N–H and O–H groups in total. The number of carbonyl (C=O) groups is 3. The fraction of sp³-hybridized carbons (Fsp3) is 0.0500. The van der Waals surface area contributed by atoms with Crippen LogP contribution in [0.15, 0.2) is 60.0 Å². The lowest BCUT2D eigenvalue weighted by Gasteiger charge is -2.10. The van der Waals surface area contributed by atoms with E-state index in [0.717, 1.165) is 0 Å². The van der Waals surface area contributed by atoms with Crippen LogP contribution in [-0.2, 0) is 4.79 Å². The summed E-state index contributed by atoms with van der Waals surface area (Å²) in [5.74, 6) is -0.786. The van der Waals surface area contributed by atoms with E-state index in [2.05, 4.69) is 16.0 Å². The molecule has 0 spiro atoms. The van der Waals surface area contributed by atoms with Gasteiger partial charge < -0.3 is 16.0 Å². The number of nitrogens with one attached hydrogen (secondary N) is 3. The van der Waals surface area contributed by atoms with E-state index in [-0.39, 0.29) is 17.7 Å². The van der Waals surface area contributed by atoms with Crippen molar-refractivity contribution in [2.45, 2.75) is 6.92 Å². The minimum absolute atomic E-state index is 0.200. The molecule has 0 radical (unpaired) electrons. The number of benzene rings is 2. The standard InChI is InChI=1S/C20H16ClN3O3S/c1-12(25)22-15-8-9-16(21)17(11-15)24-19(26)13-4-6-14(7-5-13)23-20(27)18-3-2-10-28-18/h2-11H,1H3,(H,22,25)(H,23,27)(H,24,26). The molecule has 0 saturated carbocycles. The number of amides is 3. The lowest BCUT2D eigenvalue weighted by atomic mass is 10.2. The summed E-state index contributed by atoms with van der Waals surface area (Å²) in [6, 6.07) is 14.9. The molecule has 0 saturated heterocycles. The first kappa shape index (κ1) is 19.6. The van der Waals surface area contributed by atoms with Crippen molar-refractivity contribution < 1.29 is 14.4 Å². The number of rotatable bonds is 5. The Bertz CT molecular complexity index is 1020. The second-order valence-electron chi connectivity index (χ2n) is 5.84. The van der Waals surface area contributed by atoms with Crippen molar-refractivity contribution in [3.63, 3.8) is 0 Å². The molecule has 3 aromatic rings. The van der Waals surface area contributed by atoms with Gasteiger partial charge in [-0.05, 0) is 53.9 Å². The molecule has 0 bridgehead atoms. The molecule has 6 nitrogen and oxygen atoms in total. The number of thiophene rings is 1. The van der Waals surface area contributed by atoms with Crippen molar-refractivity contribution in [1.82, 2.24) is 0 Å². The van der Waals surface area contributed by atoms with Gasteiger partial charge in [0.1, 0.15) is 0 Å². The Kier molecular flexibility index (Phi) is 6.08. The topological polar surface area (TPSA) is 87.3 Å². The molecule has 142 valence electrons. The smallest absolute Gasteiger partial charge is 0.265 e. The Hall–Kier alpha value is -3.16. The van der Waals surface area contributed by atoms with Gasteiger partial charge in [-0.25, -0.2) is 0 Å². The van der Waals surface area contributed by atoms with E-state index in [1.165, 1.54) is 18.3 Å². The molecule has 0 aliphatic carbocycles. The van der Waals surface area contributed by atoms with Gasteiger partial charge in [-0.1, -0.05) is 17.7 Å².